The summed E-state index contributed by atoms with van der Waals surface area (Å²) in [6.07, 6.45) is 3.04. The fourth-order valence-corrected chi connectivity index (χ4v) is 1.66. The summed E-state index contributed by atoms with van der Waals surface area (Å²) in [6, 6.07) is 7.17. The molecule has 0 radical (unpaired) electrons. The molecule has 5 heteroatoms. The van der Waals surface area contributed by atoms with E-state index in [2.05, 4.69) is 5.32 Å². The molecule has 1 aromatic carbocycles. The lowest BCUT2D eigenvalue weighted by atomic mass is 10.2. The van der Waals surface area contributed by atoms with E-state index in [-0.39, 0.29) is 6.03 Å². The highest BCUT2D eigenvalue weighted by molar-refractivity contribution is 5.89. The number of urea groups is 1. The fourth-order valence-electron chi connectivity index (χ4n) is 1.66. The zero-order valence-electron chi connectivity index (χ0n) is 11.7. The van der Waals surface area contributed by atoms with Crippen LogP contribution in [0.1, 0.15) is 19.3 Å². The number of methoxy groups -OCH3 is 1. The molecule has 5 nitrogen and oxygen atoms in total. The topological polar surface area (TPSA) is 67.6 Å². The van der Waals surface area contributed by atoms with Crippen LogP contribution in [-0.2, 0) is 0 Å². The van der Waals surface area contributed by atoms with Crippen molar-refractivity contribution < 1.29 is 9.53 Å². The van der Waals surface area contributed by atoms with Crippen molar-refractivity contribution in [1.29, 1.82) is 0 Å². The standard InChI is InChI=1S/C14H23N3O2/c1-17(11-5-3-4-10-15)14(18)16-12-6-8-13(19-2)9-7-12/h6-9H,3-5,10-11,15H2,1-2H3,(H,16,18). The third-order valence-corrected chi connectivity index (χ3v) is 2.89. The van der Waals surface area contributed by atoms with Crippen molar-refractivity contribution in [3.8, 4) is 5.75 Å². The van der Waals surface area contributed by atoms with E-state index in [0.29, 0.717) is 6.54 Å². The van der Waals surface area contributed by atoms with Crippen molar-refractivity contribution >= 4 is 11.7 Å². The largest absolute Gasteiger partial charge is 0.497 e. The van der Waals surface area contributed by atoms with Gasteiger partial charge in [0.1, 0.15) is 5.75 Å². The summed E-state index contributed by atoms with van der Waals surface area (Å²) in [5, 5.41) is 2.84. The number of nitrogens with two attached hydrogens (primary N) is 1. The van der Waals surface area contributed by atoms with Crippen LogP contribution in [0.2, 0.25) is 0 Å². The highest BCUT2D eigenvalue weighted by atomic mass is 16.5. The molecule has 1 aromatic rings. The van der Waals surface area contributed by atoms with Gasteiger partial charge < -0.3 is 20.7 Å². The molecule has 0 atom stereocenters. The highest BCUT2D eigenvalue weighted by Crippen LogP contribution is 2.15. The lowest BCUT2D eigenvalue weighted by Gasteiger charge is -2.18. The van der Waals surface area contributed by atoms with Gasteiger partial charge in [0.25, 0.3) is 0 Å². The molecule has 0 bridgehead atoms. The van der Waals surface area contributed by atoms with Gasteiger partial charge in [-0.05, 0) is 43.7 Å². The summed E-state index contributed by atoms with van der Waals surface area (Å²) in [6.45, 7) is 1.45. The fraction of sp³-hybridized carbons (Fsp3) is 0.500. The minimum absolute atomic E-state index is 0.0992. The summed E-state index contributed by atoms with van der Waals surface area (Å²) < 4.78 is 5.06. The predicted molar refractivity (Wildman–Crippen MR) is 77.5 cm³/mol. The number of ether oxygens (including phenoxy) is 1. The number of nitrogens with zero attached hydrogens (tertiary/aromatic N) is 1. The molecule has 0 aliphatic heterocycles. The van der Waals surface area contributed by atoms with Crippen LogP contribution in [0, 0.1) is 0 Å². The number of benzene rings is 1. The van der Waals surface area contributed by atoms with Crippen LogP contribution in [0.3, 0.4) is 0 Å². The highest BCUT2D eigenvalue weighted by Gasteiger charge is 2.08. The van der Waals surface area contributed by atoms with Gasteiger partial charge in [-0.25, -0.2) is 4.79 Å². The first-order chi connectivity index (χ1) is 9.17. The van der Waals surface area contributed by atoms with Gasteiger partial charge in [-0.3, -0.25) is 0 Å². The van der Waals surface area contributed by atoms with E-state index in [9.17, 15) is 4.79 Å². The van der Waals surface area contributed by atoms with E-state index in [0.717, 1.165) is 37.2 Å². The monoisotopic (exact) mass is 265 g/mol. The van der Waals surface area contributed by atoms with E-state index < -0.39 is 0 Å². The molecule has 0 heterocycles. The van der Waals surface area contributed by atoms with E-state index in [1.807, 2.05) is 24.3 Å². The molecule has 2 amide bonds. The first-order valence-corrected chi connectivity index (χ1v) is 6.53. The molecule has 0 spiro atoms. The molecule has 0 aromatic heterocycles. The van der Waals surface area contributed by atoms with E-state index in [1.54, 1.807) is 19.1 Å². The minimum atomic E-state index is -0.0992. The van der Waals surface area contributed by atoms with Gasteiger partial charge in [0.05, 0.1) is 7.11 Å². The molecule has 0 aliphatic carbocycles. The minimum Gasteiger partial charge on any atom is -0.497 e. The third-order valence-electron chi connectivity index (χ3n) is 2.89. The first-order valence-electron chi connectivity index (χ1n) is 6.53. The van der Waals surface area contributed by atoms with Crippen LogP contribution < -0.4 is 15.8 Å². The quantitative estimate of drug-likeness (QED) is 0.743. The maximum absolute atomic E-state index is 11.9. The zero-order valence-corrected chi connectivity index (χ0v) is 11.7. The lowest BCUT2D eigenvalue weighted by molar-refractivity contribution is 0.221. The molecule has 0 aliphatic rings. The Bertz CT molecular complexity index is 379. The molecule has 0 saturated carbocycles. The Morgan fingerprint density at radius 1 is 1.26 bits per heavy atom. The number of rotatable bonds is 7. The smallest absolute Gasteiger partial charge is 0.321 e. The van der Waals surface area contributed by atoms with Gasteiger partial charge >= 0.3 is 6.03 Å². The Labute approximate surface area is 114 Å². The number of hydrogen-bond acceptors (Lipinski definition) is 3. The number of amides is 2. The predicted octanol–water partition coefficient (Wildman–Crippen LogP) is 2.29. The Morgan fingerprint density at radius 2 is 1.95 bits per heavy atom. The maximum Gasteiger partial charge on any atom is 0.321 e. The molecular weight excluding hydrogens is 242 g/mol. The maximum atomic E-state index is 11.9. The Morgan fingerprint density at radius 3 is 2.53 bits per heavy atom. The van der Waals surface area contributed by atoms with Gasteiger partial charge in [0, 0.05) is 19.3 Å². The summed E-state index contributed by atoms with van der Waals surface area (Å²) >= 11 is 0. The Hall–Kier alpha value is -1.75. The summed E-state index contributed by atoms with van der Waals surface area (Å²) in [5.74, 6) is 0.771. The molecule has 1 rings (SSSR count). The number of unbranched alkanes of at least 4 members (excludes halogenated alkanes) is 2. The second kappa shape index (κ2) is 8.37. The van der Waals surface area contributed by atoms with Crippen LogP contribution in [0.5, 0.6) is 5.75 Å². The first kappa shape index (κ1) is 15.3. The zero-order chi connectivity index (χ0) is 14.1. The average molecular weight is 265 g/mol. The molecule has 0 saturated heterocycles. The van der Waals surface area contributed by atoms with E-state index in [1.165, 1.54) is 0 Å². The van der Waals surface area contributed by atoms with Crippen LogP contribution >= 0.6 is 0 Å². The molecule has 0 unspecified atom stereocenters. The van der Waals surface area contributed by atoms with E-state index >= 15 is 0 Å². The third kappa shape index (κ3) is 5.61. The molecule has 106 valence electrons. The SMILES string of the molecule is COc1ccc(NC(=O)N(C)CCCCCN)cc1. The van der Waals surface area contributed by atoms with Crippen LogP contribution in [0.4, 0.5) is 10.5 Å². The summed E-state index contributed by atoms with van der Waals surface area (Å²) in [7, 11) is 3.41. The van der Waals surface area contributed by atoms with Gasteiger partial charge in [-0.2, -0.15) is 0 Å². The number of hydrogen-bond donors (Lipinski definition) is 2. The van der Waals surface area contributed by atoms with Gasteiger partial charge in [-0.1, -0.05) is 6.42 Å². The van der Waals surface area contributed by atoms with Crippen LogP contribution in [0.15, 0.2) is 24.3 Å². The normalized spacial score (nSPS) is 10.1. The van der Waals surface area contributed by atoms with Crippen LogP contribution in [0.25, 0.3) is 0 Å². The number of carbonyl (C=O) groups excluding carboxylic acids is 1. The number of anilines is 1. The lowest BCUT2D eigenvalue weighted by Crippen LogP contribution is -2.32. The molecular formula is C14H23N3O2. The van der Waals surface area contributed by atoms with Gasteiger partial charge in [-0.15, -0.1) is 0 Å². The number of nitrogens with one attached hydrogen (secondary N) is 1. The second-order valence-corrected chi connectivity index (χ2v) is 4.43. The molecule has 19 heavy (non-hydrogen) atoms. The summed E-state index contributed by atoms with van der Waals surface area (Å²) in [4.78, 5) is 13.6. The number of carbonyl (C=O) groups is 1. The van der Waals surface area contributed by atoms with E-state index in [4.69, 9.17) is 10.5 Å². The van der Waals surface area contributed by atoms with Crippen molar-refractivity contribution in [2.45, 2.75) is 19.3 Å². The molecule has 0 fully saturated rings. The van der Waals surface area contributed by atoms with Crippen molar-refractivity contribution in [2.75, 3.05) is 32.6 Å². The van der Waals surface area contributed by atoms with Gasteiger partial charge in [0.15, 0.2) is 0 Å². The second-order valence-electron chi connectivity index (χ2n) is 4.43. The van der Waals surface area contributed by atoms with Crippen LogP contribution in [-0.4, -0.2) is 38.2 Å². The summed E-state index contributed by atoms with van der Waals surface area (Å²) in [5.41, 5.74) is 6.19. The van der Waals surface area contributed by atoms with Gasteiger partial charge in [0.2, 0.25) is 0 Å². The molecule has 3 N–H and O–H groups in total. The Balaban J connectivity index is 2.36. The van der Waals surface area contributed by atoms with Crippen molar-refractivity contribution in [2.24, 2.45) is 5.73 Å². The Kier molecular flexibility index (Phi) is 6.74. The van der Waals surface area contributed by atoms with Crippen molar-refractivity contribution in [3.63, 3.8) is 0 Å². The van der Waals surface area contributed by atoms with Crippen molar-refractivity contribution in [3.05, 3.63) is 24.3 Å². The average Bonchev–Trinajstić information content (AvgIpc) is 2.44. The van der Waals surface area contributed by atoms with Crippen molar-refractivity contribution in [1.82, 2.24) is 4.90 Å².